The van der Waals surface area contributed by atoms with Crippen molar-refractivity contribution < 1.29 is 33.3 Å². The summed E-state index contributed by atoms with van der Waals surface area (Å²) in [6.07, 6.45) is 3.90. The molecule has 5 nitrogen and oxygen atoms in total. The number of carbonyl (C=O) groups excluding carboxylic acids is 1. The summed E-state index contributed by atoms with van der Waals surface area (Å²) in [5.41, 5.74) is 3.91. The number of benzene rings is 2. The first-order chi connectivity index (χ1) is 14.7. The molecule has 0 saturated heterocycles. The van der Waals surface area contributed by atoms with Crippen LogP contribution in [0, 0.1) is 0 Å². The largest absolute Gasteiger partial charge is 1.00 e. The standard InChI is InChI=1S/C24H19N4OSe.HI/c1-17(29)28(21-9-3-2-4-10-21)24-26-20(16-30-24)15-27-14-6-8-19-12-11-18-7-5-13-25-22(18)23(19)27;/h2-14,16H,15H2,1H3;1H/q+1;/p-1. The van der Waals surface area contributed by atoms with Crippen molar-refractivity contribution in [3.8, 4) is 0 Å². The van der Waals surface area contributed by atoms with Crippen molar-refractivity contribution in [2.45, 2.75) is 13.5 Å². The van der Waals surface area contributed by atoms with Gasteiger partial charge in [0, 0.05) is 0 Å². The van der Waals surface area contributed by atoms with E-state index in [0.717, 1.165) is 37.9 Å². The van der Waals surface area contributed by atoms with Crippen LogP contribution in [-0.4, -0.2) is 30.4 Å². The Morgan fingerprint density at radius 1 is 1.00 bits per heavy atom. The van der Waals surface area contributed by atoms with Gasteiger partial charge in [-0.05, 0) is 0 Å². The van der Waals surface area contributed by atoms with Gasteiger partial charge in [0.05, 0.1) is 0 Å². The van der Waals surface area contributed by atoms with E-state index in [2.05, 4.69) is 45.0 Å². The Kier molecular flexibility index (Phi) is 6.46. The van der Waals surface area contributed by atoms with Crippen molar-refractivity contribution in [1.29, 1.82) is 0 Å². The first-order valence-corrected chi connectivity index (χ1v) is 11.5. The Labute approximate surface area is 203 Å². The number of nitrogens with zero attached hydrogens (tertiary/aromatic N) is 4. The zero-order chi connectivity index (χ0) is 20.5. The molecule has 1 amide bonds. The average Bonchev–Trinajstić information content (AvgIpc) is 3.22. The number of carbonyl (C=O) groups is 1. The number of para-hydroxylation sites is 1. The van der Waals surface area contributed by atoms with Gasteiger partial charge in [0.15, 0.2) is 0 Å². The molecule has 0 aliphatic rings. The van der Waals surface area contributed by atoms with Crippen LogP contribution >= 0.6 is 0 Å². The molecule has 0 radical (unpaired) electrons. The first-order valence-electron chi connectivity index (χ1n) is 9.67. The molecule has 0 atom stereocenters. The van der Waals surface area contributed by atoms with Gasteiger partial charge in [-0.2, -0.15) is 0 Å². The number of rotatable bonds is 4. The van der Waals surface area contributed by atoms with E-state index in [9.17, 15) is 4.79 Å². The number of halogens is 1. The van der Waals surface area contributed by atoms with Crippen LogP contribution in [0.25, 0.3) is 21.8 Å². The molecule has 0 bridgehead atoms. The first kappa shape index (κ1) is 21.6. The zero-order valence-corrected chi connectivity index (χ0v) is 20.6. The Hall–Kier alpha value is -2.61. The van der Waals surface area contributed by atoms with Gasteiger partial charge in [-0.15, -0.1) is 0 Å². The van der Waals surface area contributed by atoms with Crippen molar-refractivity contribution in [3.63, 3.8) is 0 Å². The fourth-order valence-corrected chi connectivity index (χ4v) is 5.53. The van der Waals surface area contributed by atoms with E-state index >= 15 is 0 Å². The topological polar surface area (TPSA) is 50.0 Å². The minimum atomic E-state index is -0.0236. The smallest absolute Gasteiger partial charge is 1.00 e. The van der Waals surface area contributed by atoms with Crippen LogP contribution in [0.4, 0.5) is 10.4 Å². The fourth-order valence-electron chi connectivity index (χ4n) is 3.69. The number of fused-ring (bicyclic) bond motifs is 3. The number of anilines is 2. The molecule has 31 heavy (non-hydrogen) atoms. The maximum absolute atomic E-state index is 12.3. The molecule has 7 heteroatoms. The molecule has 5 rings (SSSR count). The molecule has 5 aromatic rings. The summed E-state index contributed by atoms with van der Waals surface area (Å²) in [6.45, 7) is 2.22. The van der Waals surface area contributed by atoms with Gasteiger partial charge >= 0.3 is 180 Å². The van der Waals surface area contributed by atoms with Crippen molar-refractivity contribution >= 4 is 52.6 Å². The molecule has 2 aromatic carbocycles. The molecular weight excluding hydrogens is 566 g/mol. The molecule has 0 aliphatic heterocycles. The second-order valence-electron chi connectivity index (χ2n) is 7.03. The van der Waals surface area contributed by atoms with E-state index < -0.39 is 0 Å². The van der Waals surface area contributed by atoms with E-state index in [4.69, 9.17) is 4.98 Å². The predicted octanol–water partition coefficient (Wildman–Crippen LogP) is 0.864. The molecule has 0 unspecified atom stereocenters. The van der Waals surface area contributed by atoms with E-state index in [1.807, 2.05) is 48.7 Å². The third-order valence-electron chi connectivity index (χ3n) is 5.00. The van der Waals surface area contributed by atoms with Gasteiger partial charge in [0.25, 0.3) is 0 Å². The van der Waals surface area contributed by atoms with Crippen LogP contribution in [0.2, 0.25) is 0 Å². The Morgan fingerprint density at radius 2 is 1.77 bits per heavy atom. The summed E-state index contributed by atoms with van der Waals surface area (Å²) in [5, 5.41) is 2.26. The van der Waals surface area contributed by atoms with E-state index in [0.29, 0.717) is 6.54 Å². The number of hydrogen-bond acceptors (Lipinski definition) is 3. The fraction of sp³-hybridized carbons (Fsp3) is 0.0833. The van der Waals surface area contributed by atoms with Gasteiger partial charge in [-0.1, -0.05) is 0 Å². The van der Waals surface area contributed by atoms with Crippen LogP contribution in [-0.2, 0) is 11.3 Å². The van der Waals surface area contributed by atoms with Crippen LogP contribution in [0.3, 0.4) is 0 Å². The van der Waals surface area contributed by atoms with Crippen LogP contribution < -0.4 is 33.4 Å². The summed E-state index contributed by atoms with van der Waals surface area (Å²) in [7, 11) is 0. The number of amides is 1. The predicted molar refractivity (Wildman–Crippen MR) is 119 cm³/mol. The molecule has 0 aliphatic carbocycles. The van der Waals surface area contributed by atoms with Crippen LogP contribution in [0.15, 0.2) is 84.1 Å². The summed E-state index contributed by atoms with van der Waals surface area (Å²) >= 11 is 0.00229. The second-order valence-corrected chi connectivity index (χ2v) is 8.78. The Morgan fingerprint density at radius 3 is 2.58 bits per heavy atom. The van der Waals surface area contributed by atoms with Crippen molar-refractivity contribution in [2.24, 2.45) is 0 Å². The minimum absolute atomic E-state index is 0. The molecule has 3 heterocycles. The maximum Gasteiger partial charge on any atom is -1.00 e. The summed E-state index contributed by atoms with van der Waals surface area (Å²) in [4.78, 5) is 25.7. The van der Waals surface area contributed by atoms with Crippen LogP contribution in [0.1, 0.15) is 12.6 Å². The van der Waals surface area contributed by atoms with Gasteiger partial charge in [-0.3, -0.25) is 0 Å². The molecule has 0 N–H and O–H groups in total. The third kappa shape index (κ3) is 4.26. The monoisotopic (exact) mass is 586 g/mol. The number of hydrogen-bond donors (Lipinski definition) is 0. The normalized spacial score (nSPS) is 10.7. The van der Waals surface area contributed by atoms with E-state index in [1.165, 1.54) is 0 Å². The van der Waals surface area contributed by atoms with Crippen LogP contribution in [0.5, 0.6) is 0 Å². The van der Waals surface area contributed by atoms with Gasteiger partial charge in [0.1, 0.15) is 0 Å². The molecule has 0 spiro atoms. The zero-order valence-electron chi connectivity index (χ0n) is 16.8. The SMILES string of the molecule is CC(=O)N(c1ccccc1)c1nc(C[n+]2cccc3ccc4cccnc4c32)c[se]1.[I-]. The molecular formula is C24H19IN4OSe. The summed E-state index contributed by atoms with van der Waals surface area (Å²) in [5.74, 6) is -0.0236. The summed E-state index contributed by atoms with van der Waals surface area (Å²) < 4.78 is 3.01. The average molecular weight is 585 g/mol. The van der Waals surface area contributed by atoms with Gasteiger partial charge in [-0.25, -0.2) is 0 Å². The Balaban J connectivity index is 0.00000231. The molecule has 0 fully saturated rings. The van der Waals surface area contributed by atoms with Gasteiger partial charge < -0.3 is 24.0 Å². The maximum atomic E-state index is 12.3. The van der Waals surface area contributed by atoms with Gasteiger partial charge in [0.2, 0.25) is 0 Å². The van der Waals surface area contributed by atoms with E-state index in [-0.39, 0.29) is 44.4 Å². The van der Waals surface area contributed by atoms with Crippen molar-refractivity contribution in [1.82, 2.24) is 9.97 Å². The van der Waals surface area contributed by atoms with Crippen molar-refractivity contribution in [3.05, 3.63) is 89.8 Å². The second kappa shape index (κ2) is 9.26. The number of aromatic nitrogens is 3. The molecule has 0 saturated carbocycles. The molecule has 3 aromatic heterocycles. The van der Waals surface area contributed by atoms with E-state index in [1.54, 1.807) is 11.8 Å². The Bertz CT molecular complexity index is 1370. The quantitative estimate of drug-likeness (QED) is 0.136. The summed E-state index contributed by atoms with van der Waals surface area (Å²) in [6, 6.07) is 22.1. The van der Waals surface area contributed by atoms with Crippen molar-refractivity contribution in [2.75, 3.05) is 4.90 Å². The number of pyridine rings is 2. The third-order valence-corrected chi connectivity index (χ3v) is 6.84. The molecule has 154 valence electrons. The minimum Gasteiger partial charge on any atom is -1.00 e.